The Morgan fingerprint density at radius 3 is 2.52 bits per heavy atom. The first-order chi connectivity index (χ1) is 12.2. The van der Waals surface area contributed by atoms with E-state index < -0.39 is 4.92 Å². The van der Waals surface area contributed by atoms with Gasteiger partial charge in [-0.3, -0.25) is 15.0 Å². The molecule has 1 aromatic heterocycles. The van der Waals surface area contributed by atoms with Crippen molar-refractivity contribution in [1.29, 1.82) is 0 Å². The topological polar surface area (TPSA) is 78.0 Å². The van der Waals surface area contributed by atoms with Gasteiger partial charge in [0.1, 0.15) is 23.9 Å². The molecule has 134 valence electrons. The molecular weight excluding hydrogens is 324 g/mol. The second-order valence-electron chi connectivity index (χ2n) is 5.97. The second kappa shape index (κ2) is 8.64. The number of nitro groups is 1. The number of furan rings is 1. The molecule has 0 atom stereocenters. The summed E-state index contributed by atoms with van der Waals surface area (Å²) in [6.07, 6.45) is 1.95. The van der Waals surface area contributed by atoms with E-state index in [1.807, 2.05) is 12.1 Å². The van der Waals surface area contributed by atoms with Crippen LogP contribution in [0.1, 0.15) is 17.9 Å². The third kappa shape index (κ3) is 5.30. The SMILES string of the molecule is O=[N+]([O-])c1ccc(OCc2ccc(CCCN3CCOCC3)o2)cc1. The van der Waals surface area contributed by atoms with Gasteiger partial charge in [-0.15, -0.1) is 0 Å². The predicted octanol–water partition coefficient (Wildman–Crippen LogP) is 3.03. The molecule has 0 saturated carbocycles. The molecule has 0 aliphatic carbocycles. The molecule has 7 heteroatoms. The number of aryl methyl sites for hydroxylation is 1. The van der Waals surface area contributed by atoms with Crippen LogP contribution in [0.3, 0.4) is 0 Å². The zero-order chi connectivity index (χ0) is 17.5. The van der Waals surface area contributed by atoms with Crippen LogP contribution in [0.25, 0.3) is 0 Å². The first-order valence-electron chi connectivity index (χ1n) is 8.45. The van der Waals surface area contributed by atoms with E-state index in [4.69, 9.17) is 13.9 Å². The Labute approximate surface area is 146 Å². The second-order valence-corrected chi connectivity index (χ2v) is 5.97. The first-order valence-corrected chi connectivity index (χ1v) is 8.45. The standard InChI is InChI=1S/C18H22N2O5/c21-20(22)15-3-5-16(6-4-15)24-14-18-8-7-17(25-18)2-1-9-19-10-12-23-13-11-19/h3-8H,1-2,9-14H2. The summed E-state index contributed by atoms with van der Waals surface area (Å²) >= 11 is 0. The zero-order valence-electron chi connectivity index (χ0n) is 14.1. The lowest BCUT2D eigenvalue weighted by Crippen LogP contribution is -2.36. The van der Waals surface area contributed by atoms with Crippen LogP contribution >= 0.6 is 0 Å². The van der Waals surface area contributed by atoms with Crippen LogP contribution in [-0.2, 0) is 17.8 Å². The van der Waals surface area contributed by atoms with E-state index >= 15 is 0 Å². The summed E-state index contributed by atoms with van der Waals surface area (Å²) in [5.74, 6) is 2.28. The number of rotatable bonds is 8. The number of hydrogen-bond acceptors (Lipinski definition) is 6. The first kappa shape index (κ1) is 17.4. The molecule has 25 heavy (non-hydrogen) atoms. The average Bonchev–Trinajstić information content (AvgIpc) is 3.09. The van der Waals surface area contributed by atoms with E-state index in [2.05, 4.69) is 4.90 Å². The van der Waals surface area contributed by atoms with Gasteiger partial charge in [-0.05, 0) is 37.2 Å². The fourth-order valence-electron chi connectivity index (χ4n) is 2.75. The van der Waals surface area contributed by atoms with Crippen LogP contribution < -0.4 is 4.74 Å². The Morgan fingerprint density at radius 2 is 1.80 bits per heavy atom. The maximum absolute atomic E-state index is 10.6. The van der Waals surface area contributed by atoms with Crippen molar-refractivity contribution in [3.8, 4) is 5.75 Å². The molecule has 1 saturated heterocycles. The third-order valence-corrected chi connectivity index (χ3v) is 4.15. The Kier molecular flexibility index (Phi) is 6.03. The molecule has 0 amide bonds. The molecule has 1 aliphatic rings. The Bertz CT molecular complexity index is 677. The third-order valence-electron chi connectivity index (χ3n) is 4.15. The molecule has 2 heterocycles. The van der Waals surface area contributed by atoms with Crippen LogP contribution in [0, 0.1) is 10.1 Å². The monoisotopic (exact) mass is 346 g/mol. The Hall–Kier alpha value is -2.38. The van der Waals surface area contributed by atoms with Crippen molar-refractivity contribution in [3.63, 3.8) is 0 Å². The highest BCUT2D eigenvalue weighted by atomic mass is 16.6. The van der Waals surface area contributed by atoms with Gasteiger partial charge < -0.3 is 13.9 Å². The summed E-state index contributed by atoms with van der Waals surface area (Å²) in [6, 6.07) is 9.92. The molecule has 0 N–H and O–H groups in total. The van der Waals surface area contributed by atoms with Gasteiger partial charge in [0.25, 0.3) is 5.69 Å². The summed E-state index contributed by atoms with van der Waals surface area (Å²) in [5.41, 5.74) is 0.0490. The van der Waals surface area contributed by atoms with E-state index in [0.717, 1.165) is 57.2 Å². The summed E-state index contributed by atoms with van der Waals surface area (Å²) in [5, 5.41) is 10.6. The van der Waals surface area contributed by atoms with Gasteiger partial charge in [0.05, 0.1) is 18.1 Å². The van der Waals surface area contributed by atoms with Gasteiger partial charge in [-0.2, -0.15) is 0 Å². The lowest BCUT2D eigenvalue weighted by Gasteiger charge is -2.26. The number of non-ortho nitro benzene ring substituents is 1. The number of hydrogen-bond donors (Lipinski definition) is 0. The van der Waals surface area contributed by atoms with Crippen molar-refractivity contribution in [2.75, 3.05) is 32.8 Å². The molecule has 0 bridgehead atoms. The van der Waals surface area contributed by atoms with E-state index in [-0.39, 0.29) is 5.69 Å². The van der Waals surface area contributed by atoms with Gasteiger partial charge in [0, 0.05) is 31.6 Å². The smallest absolute Gasteiger partial charge is 0.269 e. The molecule has 1 fully saturated rings. The van der Waals surface area contributed by atoms with Crippen molar-refractivity contribution >= 4 is 5.69 Å². The minimum absolute atomic E-state index is 0.0490. The fraction of sp³-hybridized carbons (Fsp3) is 0.444. The minimum Gasteiger partial charge on any atom is -0.486 e. The molecular formula is C18H22N2O5. The zero-order valence-corrected chi connectivity index (χ0v) is 14.1. The van der Waals surface area contributed by atoms with Crippen LogP contribution in [0.2, 0.25) is 0 Å². The van der Waals surface area contributed by atoms with Gasteiger partial charge in [-0.1, -0.05) is 0 Å². The van der Waals surface area contributed by atoms with Crippen LogP contribution in [0.4, 0.5) is 5.69 Å². The summed E-state index contributed by atoms with van der Waals surface area (Å²) in [6.45, 7) is 5.02. The molecule has 1 aliphatic heterocycles. The van der Waals surface area contributed by atoms with Crippen molar-refractivity contribution in [1.82, 2.24) is 4.90 Å². The molecule has 2 aromatic rings. The van der Waals surface area contributed by atoms with E-state index in [0.29, 0.717) is 12.4 Å². The van der Waals surface area contributed by atoms with Crippen molar-refractivity contribution in [2.24, 2.45) is 0 Å². The number of nitrogens with zero attached hydrogens (tertiary/aromatic N) is 2. The molecule has 0 spiro atoms. The van der Waals surface area contributed by atoms with Gasteiger partial charge in [0.2, 0.25) is 0 Å². The van der Waals surface area contributed by atoms with E-state index in [9.17, 15) is 10.1 Å². The quantitative estimate of drug-likeness (QED) is 0.540. The summed E-state index contributed by atoms with van der Waals surface area (Å²) in [4.78, 5) is 12.6. The Morgan fingerprint density at radius 1 is 1.08 bits per heavy atom. The Balaban J connectivity index is 1.41. The average molecular weight is 346 g/mol. The highest BCUT2D eigenvalue weighted by Gasteiger charge is 2.10. The number of benzene rings is 1. The molecule has 7 nitrogen and oxygen atoms in total. The fourth-order valence-corrected chi connectivity index (χ4v) is 2.75. The lowest BCUT2D eigenvalue weighted by molar-refractivity contribution is -0.384. The van der Waals surface area contributed by atoms with E-state index in [1.54, 1.807) is 12.1 Å². The van der Waals surface area contributed by atoms with Crippen molar-refractivity contribution < 1.29 is 18.8 Å². The largest absolute Gasteiger partial charge is 0.486 e. The lowest BCUT2D eigenvalue weighted by atomic mass is 10.2. The van der Waals surface area contributed by atoms with Crippen molar-refractivity contribution in [3.05, 3.63) is 58.0 Å². The highest BCUT2D eigenvalue weighted by Crippen LogP contribution is 2.19. The summed E-state index contributed by atoms with van der Waals surface area (Å²) in [7, 11) is 0. The highest BCUT2D eigenvalue weighted by molar-refractivity contribution is 5.36. The molecule has 0 unspecified atom stereocenters. The number of ether oxygens (including phenoxy) is 2. The number of morpholine rings is 1. The van der Waals surface area contributed by atoms with Crippen LogP contribution in [0.5, 0.6) is 5.75 Å². The van der Waals surface area contributed by atoms with Gasteiger partial charge in [-0.25, -0.2) is 0 Å². The van der Waals surface area contributed by atoms with E-state index in [1.165, 1.54) is 12.1 Å². The van der Waals surface area contributed by atoms with Gasteiger partial charge >= 0.3 is 0 Å². The number of nitro benzene ring substituents is 1. The molecule has 1 aromatic carbocycles. The van der Waals surface area contributed by atoms with Gasteiger partial charge in [0.15, 0.2) is 0 Å². The minimum atomic E-state index is -0.431. The summed E-state index contributed by atoms with van der Waals surface area (Å²) < 4.78 is 16.7. The molecule has 3 rings (SSSR count). The maximum Gasteiger partial charge on any atom is 0.269 e. The predicted molar refractivity (Wildman–Crippen MR) is 91.7 cm³/mol. The van der Waals surface area contributed by atoms with Crippen LogP contribution in [0.15, 0.2) is 40.8 Å². The normalized spacial score (nSPS) is 15.2. The van der Waals surface area contributed by atoms with Crippen molar-refractivity contribution in [2.45, 2.75) is 19.4 Å². The maximum atomic E-state index is 10.6. The van der Waals surface area contributed by atoms with Crippen LogP contribution in [-0.4, -0.2) is 42.7 Å². The molecule has 0 radical (unpaired) electrons.